The Morgan fingerprint density at radius 1 is 0.792 bits per heavy atom. The van der Waals surface area contributed by atoms with Crippen molar-refractivity contribution in [2.24, 2.45) is 0 Å². The van der Waals surface area contributed by atoms with Crippen LogP contribution in [0.1, 0.15) is 48.5 Å². The summed E-state index contributed by atoms with van der Waals surface area (Å²) in [6.07, 6.45) is 0. The van der Waals surface area contributed by atoms with E-state index in [4.69, 9.17) is 8.85 Å². The molecule has 0 heterocycles. The van der Waals surface area contributed by atoms with Crippen LogP contribution in [0.4, 0.5) is 0 Å². The largest absolute Gasteiger partial charge is 0.415 e. The van der Waals surface area contributed by atoms with E-state index in [1.807, 2.05) is 4.90 Å². The maximum absolute atomic E-state index is 11.9. The number of amides is 1. The Hall–Kier alpha value is -0.176. The Bertz CT molecular complexity index is 377. The predicted molar refractivity (Wildman–Crippen MR) is 109 cm³/mol. The normalized spacial score (nSPS) is 14.0. The van der Waals surface area contributed by atoms with Gasteiger partial charge in [-0.3, -0.25) is 4.79 Å². The van der Waals surface area contributed by atoms with Crippen LogP contribution in [0.2, 0.25) is 36.3 Å². The molecule has 0 aromatic heterocycles. The minimum atomic E-state index is -1.75. The number of hydrogen-bond acceptors (Lipinski definition) is 3. The second-order valence-electron chi connectivity index (χ2n) is 9.72. The van der Waals surface area contributed by atoms with Gasteiger partial charge in [0.05, 0.1) is 13.2 Å². The quantitative estimate of drug-likeness (QED) is 0.568. The average Bonchev–Trinajstić information content (AvgIpc) is 2.33. The van der Waals surface area contributed by atoms with Crippen molar-refractivity contribution in [2.75, 3.05) is 26.3 Å². The van der Waals surface area contributed by atoms with E-state index >= 15 is 0 Å². The molecular formula is C18H41NO3Si2. The number of carbonyl (C=O) groups is 1. The summed E-state index contributed by atoms with van der Waals surface area (Å²) >= 11 is 0. The molecule has 0 aromatic carbocycles. The first-order chi connectivity index (χ1) is 10.5. The van der Waals surface area contributed by atoms with Crippen molar-refractivity contribution in [3.63, 3.8) is 0 Å². The molecule has 0 unspecified atom stereocenters. The molecule has 0 saturated carbocycles. The van der Waals surface area contributed by atoms with Gasteiger partial charge in [-0.25, -0.2) is 0 Å². The Kier molecular flexibility index (Phi) is 8.41. The van der Waals surface area contributed by atoms with Crippen LogP contribution in [-0.2, 0) is 13.6 Å². The number of rotatable bonds is 8. The van der Waals surface area contributed by atoms with E-state index < -0.39 is 16.6 Å². The maximum atomic E-state index is 11.9. The average molecular weight is 376 g/mol. The highest BCUT2D eigenvalue weighted by Crippen LogP contribution is 2.37. The van der Waals surface area contributed by atoms with E-state index in [-0.39, 0.29) is 16.0 Å². The highest BCUT2D eigenvalue weighted by Gasteiger charge is 2.38. The molecule has 4 nitrogen and oxygen atoms in total. The van der Waals surface area contributed by atoms with Crippen molar-refractivity contribution in [3.05, 3.63) is 0 Å². The predicted octanol–water partition coefficient (Wildman–Crippen LogP) is 4.88. The van der Waals surface area contributed by atoms with Gasteiger partial charge in [0.1, 0.15) is 0 Å². The molecule has 0 aromatic rings. The lowest BCUT2D eigenvalue weighted by atomic mass is 10.2. The maximum Gasteiger partial charge on any atom is 0.219 e. The van der Waals surface area contributed by atoms with Crippen LogP contribution >= 0.6 is 0 Å². The molecule has 24 heavy (non-hydrogen) atoms. The second-order valence-corrected chi connectivity index (χ2v) is 19.3. The third kappa shape index (κ3) is 7.37. The van der Waals surface area contributed by atoms with E-state index in [1.165, 1.54) is 0 Å². The van der Waals surface area contributed by atoms with Gasteiger partial charge in [-0.1, -0.05) is 41.5 Å². The van der Waals surface area contributed by atoms with Crippen molar-refractivity contribution in [2.45, 2.75) is 84.7 Å². The third-order valence-electron chi connectivity index (χ3n) is 5.71. The molecule has 1 amide bonds. The van der Waals surface area contributed by atoms with E-state index in [0.29, 0.717) is 26.3 Å². The topological polar surface area (TPSA) is 38.8 Å². The number of carbonyl (C=O) groups excluding carboxylic acids is 1. The fraction of sp³-hybridized carbons (Fsp3) is 0.944. The summed E-state index contributed by atoms with van der Waals surface area (Å²) in [7, 11) is -3.51. The van der Waals surface area contributed by atoms with Gasteiger partial charge in [0.15, 0.2) is 16.6 Å². The lowest BCUT2D eigenvalue weighted by Crippen LogP contribution is -2.45. The van der Waals surface area contributed by atoms with E-state index in [0.717, 1.165) is 0 Å². The van der Waals surface area contributed by atoms with Gasteiger partial charge >= 0.3 is 0 Å². The molecule has 144 valence electrons. The molecular weight excluding hydrogens is 334 g/mol. The summed E-state index contributed by atoms with van der Waals surface area (Å²) in [6.45, 7) is 26.5. The van der Waals surface area contributed by atoms with Crippen LogP contribution in [0.15, 0.2) is 0 Å². The van der Waals surface area contributed by atoms with Crippen molar-refractivity contribution < 1.29 is 13.6 Å². The first-order valence-electron chi connectivity index (χ1n) is 9.05. The molecule has 0 radical (unpaired) electrons. The van der Waals surface area contributed by atoms with Crippen molar-refractivity contribution in [3.8, 4) is 0 Å². The monoisotopic (exact) mass is 375 g/mol. The van der Waals surface area contributed by atoms with Crippen LogP contribution in [0.5, 0.6) is 0 Å². The van der Waals surface area contributed by atoms with Crippen LogP contribution < -0.4 is 0 Å². The van der Waals surface area contributed by atoms with E-state index in [1.54, 1.807) is 6.92 Å². The first-order valence-corrected chi connectivity index (χ1v) is 14.9. The summed E-state index contributed by atoms with van der Waals surface area (Å²) in [6, 6.07) is 0. The van der Waals surface area contributed by atoms with Crippen molar-refractivity contribution in [1.29, 1.82) is 0 Å². The van der Waals surface area contributed by atoms with Crippen LogP contribution in [0.25, 0.3) is 0 Å². The van der Waals surface area contributed by atoms with E-state index in [2.05, 4.69) is 67.7 Å². The minimum absolute atomic E-state index is 0.0904. The standard InChI is InChI=1S/C18H41NO3Si2/c1-16(20)19(12-14-21-23(8,9)17(2,3)4)13-15-22-24(10,11)18(5,6)7/h12-15H2,1-11H3. The summed E-state index contributed by atoms with van der Waals surface area (Å²) in [5.41, 5.74) is 0. The van der Waals surface area contributed by atoms with E-state index in [9.17, 15) is 4.79 Å². The zero-order chi connectivity index (χ0) is 19.4. The lowest BCUT2D eigenvalue weighted by molar-refractivity contribution is -0.129. The fourth-order valence-electron chi connectivity index (χ4n) is 1.68. The first kappa shape index (κ1) is 23.8. The molecule has 0 atom stereocenters. The zero-order valence-electron chi connectivity index (χ0n) is 18.0. The Morgan fingerprint density at radius 2 is 1.08 bits per heavy atom. The SMILES string of the molecule is CC(=O)N(CCO[Si](C)(C)C(C)(C)C)CCO[Si](C)(C)C(C)(C)C. The highest BCUT2D eigenvalue weighted by atomic mass is 28.4. The van der Waals surface area contributed by atoms with Crippen molar-refractivity contribution >= 4 is 22.5 Å². The minimum Gasteiger partial charge on any atom is -0.415 e. The van der Waals surface area contributed by atoms with Gasteiger partial charge in [0, 0.05) is 20.0 Å². The van der Waals surface area contributed by atoms with Crippen LogP contribution in [0.3, 0.4) is 0 Å². The second kappa shape index (κ2) is 8.47. The van der Waals surface area contributed by atoms with Crippen LogP contribution in [0, 0.1) is 0 Å². The summed E-state index contributed by atoms with van der Waals surface area (Å²) in [5.74, 6) is 0.0904. The van der Waals surface area contributed by atoms with Gasteiger partial charge in [-0.2, -0.15) is 0 Å². The molecule has 0 N–H and O–H groups in total. The molecule has 0 rings (SSSR count). The molecule has 0 bridgehead atoms. The number of hydrogen-bond donors (Lipinski definition) is 0. The molecule has 0 spiro atoms. The molecule has 0 saturated heterocycles. The summed E-state index contributed by atoms with van der Waals surface area (Å²) < 4.78 is 12.4. The molecule has 0 aliphatic rings. The van der Waals surface area contributed by atoms with Gasteiger partial charge in [0.25, 0.3) is 0 Å². The molecule has 0 aliphatic carbocycles. The Morgan fingerprint density at radius 3 is 1.29 bits per heavy atom. The molecule has 6 heteroatoms. The van der Waals surface area contributed by atoms with Gasteiger partial charge in [-0.05, 0) is 36.3 Å². The smallest absolute Gasteiger partial charge is 0.219 e. The molecule has 0 aliphatic heterocycles. The van der Waals surface area contributed by atoms with Crippen molar-refractivity contribution in [1.82, 2.24) is 4.90 Å². The zero-order valence-corrected chi connectivity index (χ0v) is 20.0. The summed E-state index contributed by atoms with van der Waals surface area (Å²) in [5, 5.41) is 0.388. The van der Waals surface area contributed by atoms with Crippen LogP contribution in [-0.4, -0.2) is 53.7 Å². The lowest BCUT2D eigenvalue weighted by Gasteiger charge is -2.37. The fourth-order valence-corrected chi connectivity index (χ4v) is 3.75. The number of nitrogens with zero attached hydrogens (tertiary/aromatic N) is 1. The Labute approximate surface area is 152 Å². The third-order valence-corrected chi connectivity index (χ3v) is 14.8. The van der Waals surface area contributed by atoms with Gasteiger partial charge in [0.2, 0.25) is 5.91 Å². The molecule has 0 fully saturated rings. The van der Waals surface area contributed by atoms with Gasteiger partial charge < -0.3 is 13.8 Å². The highest BCUT2D eigenvalue weighted by molar-refractivity contribution is 6.74. The summed E-state index contributed by atoms with van der Waals surface area (Å²) in [4.78, 5) is 13.7. The van der Waals surface area contributed by atoms with Gasteiger partial charge in [-0.15, -0.1) is 0 Å². The Balaban J connectivity index is 4.47.